The van der Waals surface area contributed by atoms with Crippen LogP contribution in [0.4, 0.5) is 0 Å². The van der Waals surface area contributed by atoms with Crippen LogP contribution < -0.4 is 10.1 Å². The van der Waals surface area contributed by atoms with E-state index in [2.05, 4.69) is 5.32 Å². The third-order valence-corrected chi connectivity index (χ3v) is 3.14. The lowest BCUT2D eigenvalue weighted by Crippen LogP contribution is -2.17. The van der Waals surface area contributed by atoms with E-state index in [9.17, 15) is 0 Å². The minimum atomic E-state index is 0.0392. The van der Waals surface area contributed by atoms with Crippen LogP contribution in [0.2, 0.25) is 5.02 Å². The Bertz CT molecular complexity index is 396. The first kappa shape index (κ1) is 14.6. The van der Waals surface area contributed by atoms with Crippen LogP contribution in [0.1, 0.15) is 18.4 Å². The topological polar surface area (TPSA) is 50.7 Å². The maximum Gasteiger partial charge on any atom is 0.124 e. The fraction of sp³-hybridized carbons (Fsp3) is 0.571. The van der Waals surface area contributed by atoms with Gasteiger partial charge in [-0.3, -0.25) is 0 Å². The molecule has 0 saturated heterocycles. The molecule has 0 amide bonds. The van der Waals surface area contributed by atoms with Crippen molar-refractivity contribution >= 4 is 11.6 Å². The summed E-state index contributed by atoms with van der Waals surface area (Å²) < 4.78 is 10.8. The maximum absolute atomic E-state index is 8.60. The summed E-state index contributed by atoms with van der Waals surface area (Å²) in [5.41, 5.74) is 1.07. The molecular weight excluding hydrogens is 266 g/mol. The highest BCUT2D eigenvalue weighted by Crippen LogP contribution is 2.25. The van der Waals surface area contributed by atoms with Crippen LogP contribution in [0.15, 0.2) is 18.2 Å². The van der Waals surface area contributed by atoms with Gasteiger partial charge < -0.3 is 19.9 Å². The van der Waals surface area contributed by atoms with Crippen molar-refractivity contribution in [3.05, 3.63) is 28.8 Å². The summed E-state index contributed by atoms with van der Waals surface area (Å²) >= 11 is 6.01. The number of nitrogens with one attached hydrogen (secondary N) is 1. The maximum atomic E-state index is 8.60. The Morgan fingerprint density at radius 3 is 2.84 bits per heavy atom. The number of hydrogen-bond donors (Lipinski definition) is 2. The smallest absolute Gasteiger partial charge is 0.124 e. The van der Waals surface area contributed by atoms with E-state index >= 15 is 0 Å². The zero-order valence-electron chi connectivity index (χ0n) is 10.9. The largest absolute Gasteiger partial charge is 0.491 e. The van der Waals surface area contributed by atoms with Crippen molar-refractivity contribution in [1.82, 2.24) is 5.32 Å². The lowest BCUT2D eigenvalue weighted by atomic mass is 10.2. The van der Waals surface area contributed by atoms with Crippen LogP contribution in [0.5, 0.6) is 5.75 Å². The van der Waals surface area contributed by atoms with Gasteiger partial charge in [0.2, 0.25) is 0 Å². The second-order valence-corrected chi connectivity index (χ2v) is 5.03. The molecule has 0 aliphatic heterocycles. The van der Waals surface area contributed by atoms with Gasteiger partial charge in [0.05, 0.1) is 19.8 Å². The molecule has 0 bridgehead atoms. The molecule has 1 aromatic carbocycles. The molecule has 0 unspecified atom stereocenters. The summed E-state index contributed by atoms with van der Waals surface area (Å²) in [4.78, 5) is 0. The van der Waals surface area contributed by atoms with Crippen LogP contribution in [-0.4, -0.2) is 37.6 Å². The second kappa shape index (κ2) is 7.70. The van der Waals surface area contributed by atoms with Crippen molar-refractivity contribution in [2.75, 3.05) is 26.4 Å². The highest BCUT2D eigenvalue weighted by atomic mass is 35.5. The molecule has 1 aliphatic rings. The van der Waals surface area contributed by atoms with Crippen molar-refractivity contribution in [2.24, 2.45) is 0 Å². The molecule has 0 radical (unpaired) electrons. The Morgan fingerprint density at radius 2 is 2.11 bits per heavy atom. The van der Waals surface area contributed by atoms with Gasteiger partial charge in [0.1, 0.15) is 12.4 Å². The molecule has 1 saturated carbocycles. The van der Waals surface area contributed by atoms with Gasteiger partial charge in [-0.05, 0) is 31.0 Å². The van der Waals surface area contributed by atoms with E-state index in [0.717, 1.165) is 22.9 Å². The summed E-state index contributed by atoms with van der Waals surface area (Å²) in [6.07, 6.45) is 2.51. The van der Waals surface area contributed by atoms with Crippen molar-refractivity contribution < 1.29 is 14.6 Å². The minimum absolute atomic E-state index is 0.0392. The first-order valence-corrected chi connectivity index (χ1v) is 7.00. The number of hydrogen-bond acceptors (Lipinski definition) is 4. The molecule has 5 heteroatoms. The summed E-state index contributed by atoms with van der Waals surface area (Å²) in [6.45, 7) is 2.10. The van der Waals surface area contributed by atoms with Gasteiger partial charge in [0, 0.05) is 23.2 Å². The minimum Gasteiger partial charge on any atom is -0.491 e. The van der Waals surface area contributed by atoms with Gasteiger partial charge in [-0.1, -0.05) is 11.6 Å². The Balaban J connectivity index is 1.82. The van der Waals surface area contributed by atoms with E-state index in [1.54, 1.807) is 0 Å². The monoisotopic (exact) mass is 285 g/mol. The van der Waals surface area contributed by atoms with E-state index in [4.69, 9.17) is 26.2 Å². The molecule has 1 aliphatic carbocycles. The average molecular weight is 286 g/mol. The molecule has 2 N–H and O–H groups in total. The first-order chi connectivity index (χ1) is 9.29. The SMILES string of the molecule is OCCOCCOc1ccc(Cl)cc1CNC1CC1. The number of rotatable bonds is 9. The predicted molar refractivity (Wildman–Crippen MR) is 74.7 cm³/mol. The number of ether oxygens (including phenoxy) is 2. The van der Waals surface area contributed by atoms with E-state index in [-0.39, 0.29) is 6.61 Å². The quantitative estimate of drug-likeness (QED) is 0.681. The predicted octanol–water partition coefficient (Wildman–Crippen LogP) is 1.98. The number of aliphatic hydroxyl groups is 1. The Kier molecular flexibility index (Phi) is 5.92. The second-order valence-electron chi connectivity index (χ2n) is 4.59. The Labute approximate surface area is 118 Å². The fourth-order valence-electron chi connectivity index (χ4n) is 1.75. The number of benzene rings is 1. The molecule has 0 atom stereocenters. The van der Waals surface area contributed by atoms with E-state index in [1.165, 1.54) is 12.8 Å². The molecule has 2 rings (SSSR count). The molecule has 1 fully saturated rings. The van der Waals surface area contributed by atoms with Crippen LogP contribution in [0.25, 0.3) is 0 Å². The fourth-order valence-corrected chi connectivity index (χ4v) is 1.94. The van der Waals surface area contributed by atoms with Gasteiger partial charge in [0.25, 0.3) is 0 Å². The van der Waals surface area contributed by atoms with Crippen LogP contribution in [-0.2, 0) is 11.3 Å². The van der Waals surface area contributed by atoms with Gasteiger partial charge in [-0.15, -0.1) is 0 Å². The molecule has 4 nitrogen and oxygen atoms in total. The van der Waals surface area contributed by atoms with Gasteiger partial charge in [-0.25, -0.2) is 0 Å². The molecular formula is C14H20ClNO3. The van der Waals surface area contributed by atoms with Crippen molar-refractivity contribution in [2.45, 2.75) is 25.4 Å². The van der Waals surface area contributed by atoms with Crippen LogP contribution >= 0.6 is 11.6 Å². The van der Waals surface area contributed by atoms with Gasteiger partial charge >= 0.3 is 0 Å². The Morgan fingerprint density at radius 1 is 1.26 bits per heavy atom. The normalized spacial score (nSPS) is 14.6. The van der Waals surface area contributed by atoms with E-state index in [1.807, 2.05) is 18.2 Å². The molecule has 106 valence electrons. The van der Waals surface area contributed by atoms with E-state index in [0.29, 0.717) is 25.9 Å². The van der Waals surface area contributed by atoms with Gasteiger partial charge in [0.15, 0.2) is 0 Å². The zero-order valence-corrected chi connectivity index (χ0v) is 11.7. The van der Waals surface area contributed by atoms with Crippen LogP contribution in [0.3, 0.4) is 0 Å². The van der Waals surface area contributed by atoms with E-state index < -0.39 is 0 Å². The third-order valence-electron chi connectivity index (χ3n) is 2.90. The lowest BCUT2D eigenvalue weighted by molar-refractivity contribution is 0.0703. The highest BCUT2D eigenvalue weighted by Gasteiger charge is 2.20. The zero-order chi connectivity index (χ0) is 13.5. The highest BCUT2D eigenvalue weighted by molar-refractivity contribution is 6.30. The molecule has 19 heavy (non-hydrogen) atoms. The van der Waals surface area contributed by atoms with Crippen molar-refractivity contribution in [1.29, 1.82) is 0 Å². The van der Waals surface area contributed by atoms with Gasteiger partial charge in [-0.2, -0.15) is 0 Å². The van der Waals surface area contributed by atoms with Crippen molar-refractivity contribution in [3.8, 4) is 5.75 Å². The van der Waals surface area contributed by atoms with Crippen molar-refractivity contribution in [3.63, 3.8) is 0 Å². The summed E-state index contributed by atoms with van der Waals surface area (Å²) in [6, 6.07) is 6.30. The number of halogens is 1. The van der Waals surface area contributed by atoms with Crippen LogP contribution in [0, 0.1) is 0 Å². The summed E-state index contributed by atoms with van der Waals surface area (Å²) in [5.74, 6) is 0.838. The molecule has 0 heterocycles. The average Bonchev–Trinajstić information content (AvgIpc) is 3.22. The standard InChI is InChI=1S/C14H20ClNO3/c15-12-1-4-14(19-8-7-18-6-5-17)11(9-12)10-16-13-2-3-13/h1,4,9,13,16-17H,2-3,5-8,10H2. The lowest BCUT2D eigenvalue weighted by Gasteiger charge is -2.12. The first-order valence-electron chi connectivity index (χ1n) is 6.63. The Hall–Kier alpha value is -0.810. The molecule has 0 spiro atoms. The number of aliphatic hydroxyl groups excluding tert-OH is 1. The summed E-state index contributed by atoms with van der Waals surface area (Å²) in [7, 11) is 0. The molecule has 0 aromatic heterocycles. The third kappa shape index (κ3) is 5.37. The summed E-state index contributed by atoms with van der Waals surface area (Å²) in [5, 5.41) is 12.8. The molecule has 1 aromatic rings.